The van der Waals surface area contributed by atoms with Crippen molar-refractivity contribution in [2.45, 2.75) is 0 Å². The third-order valence-electron chi connectivity index (χ3n) is 2.86. The lowest BCUT2D eigenvalue weighted by Gasteiger charge is -2.10. The fourth-order valence-corrected chi connectivity index (χ4v) is 2.01. The summed E-state index contributed by atoms with van der Waals surface area (Å²) in [5, 5.41) is 7.50. The van der Waals surface area contributed by atoms with E-state index in [0.29, 0.717) is 16.3 Å². The van der Waals surface area contributed by atoms with E-state index < -0.39 is 5.97 Å². The highest BCUT2D eigenvalue weighted by Gasteiger charge is 2.15. The zero-order chi connectivity index (χ0) is 17.5. The summed E-state index contributed by atoms with van der Waals surface area (Å²) in [6.45, 7) is 0. The number of guanidine groups is 1. The molecule has 8 heteroatoms. The first-order valence-corrected chi connectivity index (χ1v) is 7.15. The number of nitrogens with two attached hydrogens (primary N) is 2. The van der Waals surface area contributed by atoms with Gasteiger partial charge in [0.05, 0.1) is 23.9 Å². The number of methoxy groups -OCH3 is 1. The third-order valence-corrected chi connectivity index (χ3v) is 3.19. The molecule has 0 bridgehead atoms. The van der Waals surface area contributed by atoms with E-state index in [9.17, 15) is 4.79 Å². The van der Waals surface area contributed by atoms with Crippen molar-refractivity contribution in [3.63, 3.8) is 0 Å². The van der Waals surface area contributed by atoms with Gasteiger partial charge in [0.15, 0.2) is 11.5 Å². The molecule has 4 N–H and O–H groups in total. The highest BCUT2D eigenvalue weighted by atomic mass is 35.5. The fraction of sp³-hybridized carbons (Fsp3) is 0.0625. The van der Waals surface area contributed by atoms with Crippen LogP contribution in [0.3, 0.4) is 0 Å². The quantitative estimate of drug-likeness (QED) is 0.283. The molecule has 0 radical (unpaired) electrons. The largest absolute Gasteiger partial charge is 0.493 e. The molecular formula is C16H15ClN4O3. The van der Waals surface area contributed by atoms with Gasteiger partial charge in [-0.15, -0.1) is 5.10 Å². The van der Waals surface area contributed by atoms with Gasteiger partial charge in [-0.25, -0.2) is 4.79 Å². The monoisotopic (exact) mass is 346 g/mol. The molecule has 0 amide bonds. The maximum absolute atomic E-state index is 12.2. The van der Waals surface area contributed by atoms with Gasteiger partial charge in [-0.05, 0) is 35.9 Å². The highest BCUT2D eigenvalue weighted by Crippen LogP contribution is 2.29. The number of hydrogen-bond donors (Lipinski definition) is 2. The molecule has 0 saturated carbocycles. The maximum atomic E-state index is 12.2. The molecule has 0 aliphatic carbocycles. The Morgan fingerprint density at radius 1 is 1.17 bits per heavy atom. The average Bonchev–Trinajstić information content (AvgIpc) is 2.56. The van der Waals surface area contributed by atoms with Gasteiger partial charge < -0.3 is 20.9 Å². The second kappa shape index (κ2) is 7.98. The molecule has 7 nitrogen and oxygen atoms in total. The number of benzene rings is 2. The maximum Gasteiger partial charge on any atom is 0.345 e. The second-order valence-electron chi connectivity index (χ2n) is 4.55. The minimum atomic E-state index is -0.583. The lowest BCUT2D eigenvalue weighted by Crippen LogP contribution is -2.21. The van der Waals surface area contributed by atoms with Crippen molar-refractivity contribution in [2.24, 2.45) is 21.7 Å². The van der Waals surface area contributed by atoms with Crippen molar-refractivity contribution in [1.29, 1.82) is 0 Å². The van der Waals surface area contributed by atoms with E-state index in [0.717, 1.165) is 0 Å². The van der Waals surface area contributed by atoms with Gasteiger partial charge in [0, 0.05) is 0 Å². The number of carbonyl (C=O) groups excluding carboxylic acids is 1. The molecule has 124 valence electrons. The van der Waals surface area contributed by atoms with Crippen molar-refractivity contribution in [2.75, 3.05) is 7.11 Å². The van der Waals surface area contributed by atoms with Crippen LogP contribution in [0.1, 0.15) is 15.9 Å². The molecule has 0 fully saturated rings. The summed E-state index contributed by atoms with van der Waals surface area (Å²) in [6, 6.07) is 11.5. The van der Waals surface area contributed by atoms with Crippen molar-refractivity contribution >= 4 is 29.7 Å². The van der Waals surface area contributed by atoms with Gasteiger partial charge in [0.1, 0.15) is 0 Å². The standard InChI is InChI=1S/C16H15ClN4O3/c1-23-14-8-10(9-20-21-16(18)19)6-7-13(14)24-15(22)11-4-2-3-5-12(11)17/h2-9H,1H3,(H4,18,19,21). The van der Waals surface area contributed by atoms with Gasteiger partial charge in [-0.3, -0.25) is 0 Å². The van der Waals surface area contributed by atoms with Gasteiger partial charge in [-0.2, -0.15) is 5.10 Å². The SMILES string of the molecule is COc1cc(C=NN=C(N)N)ccc1OC(=O)c1ccccc1Cl. The van der Waals surface area contributed by atoms with Crippen molar-refractivity contribution in [1.82, 2.24) is 0 Å². The Morgan fingerprint density at radius 3 is 2.58 bits per heavy atom. The van der Waals surface area contributed by atoms with E-state index in [2.05, 4.69) is 10.2 Å². The third kappa shape index (κ3) is 4.47. The van der Waals surface area contributed by atoms with E-state index >= 15 is 0 Å². The number of carbonyl (C=O) groups is 1. The van der Waals surface area contributed by atoms with Crippen LogP contribution in [0.2, 0.25) is 5.02 Å². The van der Waals surface area contributed by atoms with E-state index in [1.165, 1.54) is 13.3 Å². The van der Waals surface area contributed by atoms with Crippen molar-refractivity contribution < 1.29 is 14.3 Å². The van der Waals surface area contributed by atoms with Crippen molar-refractivity contribution in [3.05, 3.63) is 58.6 Å². The Hall–Kier alpha value is -3.06. The Balaban J connectivity index is 2.22. The van der Waals surface area contributed by atoms with Gasteiger partial charge in [0.2, 0.25) is 5.96 Å². The van der Waals surface area contributed by atoms with Gasteiger partial charge in [0.25, 0.3) is 0 Å². The fourth-order valence-electron chi connectivity index (χ4n) is 1.79. The van der Waals surface area contributed by atoms with Crippen LogP contribution in [-0.4, -0.2) is 25.3 Å². The Morgan fingerprint density at radius 2 is 1.92 bits per heavy atom. The number of hydrogen-bond acceptors (Lipinski definition) is 5. The van der Waals surface area contributed by atoms with Crippen LogP contribution in [0.15, 0.2) is 52.7 Å². The van der Waals surface area contributed by atoms with Crippen LogP contribution in [-0.2, 0) is 0 Å². The first-order valence-electron chi connectivity index (χ1n) is 6.78. The lowest BCUT2D eigenvalue weighted by atomic mass is 10.2. The van der Waals surface area contributed by atoms with Gasteiger partial charge >= 0.3 is 5.97 Å². The minimum Gasteiger partial charge on any atom is -0.493 e. The minimum absolute atomic E-state index is 0.150. The van der Waals surface area contributed by atoms with Gasteiger partial charge in [-0.1, -0.05) is 23.7 Å². The Labute approximate surface area is 143 Å². The summed E-state index contributed by atoms with van der Waals surface area (Å²) in [5.74, 6) is -0.130. The predicted octanol–water partition coefficient (Wildman–Crippen LogP) is 2.18. The van der Waals surface area contributed by atoms with Crippen LogP contribution >= 0.6 is 11.6 Å². The zero-order valence-electron chi connectivity index (χ0n) is 12.8. The number of nitrogens with zero attached hydrogens (tertiary/aromatic N) is 2. The van der Waals surface area contributed by atoms with Crippen LogP contribution in [0.25, 0.3) is 0 Å². The van der Waals surface area contributed by atoms with Crippen LogP contribution < -0.4 is 20.9 Å². The normalized spacial score (nSPS) is 10.4. The lowest BCUT2D eigenvalue weighted by molar-refractivity contribution is 0.0730. The van der Waals surface area contributed by atoms with Crippen LogP contribution in [0.4, 0.5) is 0 Å². The summed E-state index contributed by atoms with van der Waals surface area (Å²) in [6.07, 6.45) is 1.43. The molecule has 2 rings (SSSR count). The molecule has 0 atom stereocenters. The van der Waals surface area contributed by atoms with Crippen LogP contribution in [0, 0.1) is 0 Å². The number of halogens is 1. The molecule has 2 aromatic carbocycles. The Kier molecular flexibility index (Phi) is 5.75. The van der Waals surface area contributed by atoms with E-state index in [4.69, 9.17) is 32.5 Å². The first-order chi connectivity index (χ1) is 11.5. The molecule has 0 spiro atoms. The summed E-state index contributed by atoms with van der Waals surface area (Å²) in [7, 11) is 1.46. The van der Waals surface area contributed by atoms with Crippen molar-refractivity contribution in [3.8, 4) is 11.5 Å². The topological polar surface area (TPSA) is 112 Å². The molecule has 0 unspecified atom stereocenters. The molecule has 0 aliphatic rings. The molecule has 0 aromatic heterocycles. The molecule has 0 heterocycles. The summed E-state index contributed by atoms with van der Waals surface area (Å²) in [4.78, 5) is 12.2. The molecule has 0 aliphatic heterocycles. The predicted molar refractivity (Wildman–Crippen MR) is 92.8 cm³/mol. The second-order valence-corrected chi connectivity index (χ2v) is 4.96. The molecule has 0 saturated heterocycles. The molecule has 2 aromatic rings. The van der Waals surface area contributed by atoms with E-state index in [1.54, 1.807) is 42.5 Å². The summed E-state index contributed by atoms with van der Waals surface area (Å²) < 4.78 is 10.6. The smallest absolute Gasteiger partial charge is 0.345 e. The Bertz CT molecular complexity index is 802. The number of ether oxygens (including phenoxy) is 2. The average molecular weight is 347 g/mol. The highest BCUT2D eigenvalue weighted by molar-refractivity contribution is 6.33. The van der Waals surface area contributed by atoms with Crippen LogP contribution in [0.5, 0.6) is 11.5 Å². The first kappa shape index (κ1) is 17.3. The summed E-state index contributed by atoms with van der Waals surface area (Å²) >= 11 is 5.98. The molecular weight excluding hydrogens is 332 g/mol. The van der Waals surface area contributed by atoms with E-state index in [-0.39, 0.29) is 17.3 Å². The number of esters is 1. The summed E-state index contributed by atoms with van der Waals surface area (Å²) in [5.41, 5.74) is 11.3. The molecule has 24 heavy (non-hydrogen) atoms. The van der Waals surface area contributed by atoms with E-state index in [1.807, 2.05) is 0 Å². The number of rotatable bonds is 5. The zero-order valence-corrected chi connectivity index (χ0v) is 13.5.